The second kappa shape index (κ2) is 8.60. The number of benzene rings is 2. The zero-order chi connectivity index (χ0) is 21.9. The van der Waals surface area contributed by atoms with E-state index in [0.717, 1.165) is 16.0 Å². The summed E-state index contributed by atoms with van der Waals surface area (Å²) in [5.74, 6) is 0.110. The Morgan fingerprint density at radius 2 is 1.81 bits per heavy atom. The van der Waals surface area contributed by atoms with Crippen LogP contribution < -0.4 is 10.9 Å². The summed E-state index contributed by atoms with van der Waals surface area (Å²) < 4.78 is 6.78. The fourth-order valence-corrected chi connectivity index (χ4v) is 4.34. The summed E-state index contributed by atoms with van der Waals surface area (Å²) in [5, 5.41) is 6.71. The van der Waals surface area contributed by atoms with E-state index < -0.39 is 11.5 Å². The maximum Gasteiger partial charge on any atom is 0.271 e. The Hall–Kier alpha value is -4.04. The van der Waals surface area contributed by atoms with Gasteiger partial charge in [-0.15, -0.1) is 11.3 Å². The highest BCUT2D eigenvalue weighted by molar-refractivity contribution is 7.17. The molecular weight excluding hydrogens is 424 g/mol. The van der Waals surface area contributed by atoms with Crippen molar-refractivity contribution in [2.45, 2.75) is 13.0 Å². The third-order valence-corrected chi connectivity index (χ3v) is 5.96. The van der Waals surface area contributed by atoms with Crippen molar-refractivity contribution in [3.8, 4) is 11.3 Å². The molecule has 1 N–H and O–H groups in total. The SMILES string of the molecule is O=C(NCc1cc(-c2ccccc2)on1)c1cnc2sc(Cc3ccccc3)cn2c1=O. The summed E-state index contributed by atoms with van der Waals surface area (Å²) in [7, 11) is 0. The Morgan fingerprint density at radius 1 is 1.06 bits per heavy atom. The van der Waals surface area contributed by atoms with Crippen LogP contribution in [-0.4, -0.2) is 20.4 Å². The number of fused-ring (bicyclic) bond motifs is 1. The number of amides is 1. The third kappa shape index (κ3) is 4.08. The minimum Gasteiger partial charge on any atom is -0.356 e. The molecule has 0 aliphatic heterocycles. The number of nitrogens with zero attached hydrogens (tertiary/aromatic N) is 3. The molecule has 3 aromatic heterocycles. The van der Waals surface area contributed by atoms with Gasteiger partial charge in [0.25, 0.3) is 11.5 Å². The average Bonchev–Trinajstić information content (AvgIpc) is 3.46. The molecule has 0 aliphatic carbocycles. The van der Waals surface area contributed by atoms with E-state index in [1.54, 1.807) is 12.3 Å². The monoisotopic (exact) mass is 442 g/mol. The van der Waals surface area contributed by atoms with Crippen LogP contribution in [0.1, 0.15) is 26.5 Å². The molecular formula is C24H18N4O3S. The normalized spacial score (nSPS) is 11.0. The van der Waals surface area contributed by atoms with Gasteiger partial charge < -0.3 is 9.84 Å². The van der Waals surface area contributed by atoms with Crippen LogP contribution in [0.2, 0.25) is 0 Å². The number of nitrogens with one attached hydrogen (secondary N) is 1. The minimum absolute atomic E-state index is 0.0154. The van der Waals surface area contributed by atoms with E-state index in [1.807, 2.05) is 60.7 Å². The van der Waals surface area contributed by atoms with Crippen molar-refractivity contribution in [3.05, 3.63) is 111 Å². The molecule has 0 fully saturated rings. The van der Waals surface area contributed by atoms with Crippen molar-refractivity contribution in [1.29, 1.82) is 0 Å². The predicted molar refractivity (Wildman–Crippen MR) is 122 cm³/mol. The Kier molecular flexibility index (Phi) is 5.35. The third-order valence-electron chi connectivity index (χ3n) is 4.97. The summed E-state index contributed by atoms with van der Waals surface area (Å²) in [4.78, 5) is 31.4. The highest BCUT2D eigenvalue weighted by Gasteiger charge is 2.16. The van der Waals surface area contributed by atoms with Gasteiger partial charge in [-0.3, -0.25) is 14.0 Å². The van der Waals surface area contributed by atoms with E-state index in [-0.39, 0.29) is 12.1 Å². The second-order valence-corrected chi connectivity index (χ2v) is 8.31. The molecule has 0 radical (unpaired) electrons. The van der Waals surface area contributed by atoms with Crippen molar-refractivity contribution >= 4 is 22.2 Å². The number of aromatic nitrogens is 3. The first kappa shape index (κ1) is 19.9. The van der Waals surface area contributed by atoms with Gasteiger partial charge in [-0.25, -0.2) is 4.98 Å². The van der Waals surface area contributed by atoms with Crippen LogP contribution in [0.4, 0.5) is 0 Å². The lowest BCUT2D eigenvalue weighted by molar-refractivity contribution is 0.0948. The van der Waals surface area contributed by atoms with Crippen LogP contribution in [-0.2, 0) is 13.0 Å². The molecule has 0 unspecified atom stereocenters. The van der Waals surface area contributed by atoms with Gasteiger partial charge in [0.2, 0.25) is 0 Å². The first-order valence-electron chi connectivity index (χ1n) is 10.0. The molecule has 2 aromatic carbocycles. The lowest BCUT2D eigenvalue weighted by Gasteiger charge is -2.02. The van der Waals surface area contributed by atoms with Gasteiger partial charge in [-0.2, -0.15) is 0 Å². The molecule has 7 nitrogen and oxygen atoms in total. The van der Waals surface area contributed by atoms with Crippen molar-refractivity contribution in [2.24, 2.45) is 0 Å². The maximum absolute atomic E-state index is 12.9. The lowest BCUT2D eigenvalue weighted by Crippen LogP contribution is -2.30. The molecule has 0 spiro atoms. The number of carbonyl (C=O) groups is 1. The molecule has 0 saturated heterocycles. The van der Waals surface area contributed by atoms with Crippen molar-refractivity contribution < 1.29 is 9.32 Å². The summed E-state index contributed by atoms with van der Waals surface area (Å²) in [6.45, 7) is 0.139. The van der Waals surface area contributed by atoms with Crippen LogP contribution in [0.15, 0.2) is 88.4 Å². The Bertz CT molecular complexity index is 1440. The molecule has 8 heteroatoms. The quantitative estimate of drug-likeness (QED) is 0.430. The van der Waals surface area contributed by atoms with Crippen LogP contribution in [0, 0.1) is 0 Å². The zero-order valence-electron chi connectivity index (χ0n) is 16.9. The van der Waals surface area contributed by atoms with Crippen molar-refractivity contribution in [1.82, 2.24) is 19.9 Å². The summed E-state index contributed by atoms with van der Waals surface area (Å²) in [5.41, 5.74) is 2.19. The van der Waals surface area contributed by atoms with E-state index in [2.05, 4.69) is 15.5 Å². The van der Waals surface area contributed by atoms with Crippen LogP contribution in [0.3, 0.4) is 0 Å². The lowest BCUT2D eigenvalue weighted by atomic mass is 10.1. The van der Waals surface area contributed by atoms with Crippen molar-refractivity contribution in [3.63, 3.8) is 0 Å². The van der Waals surface area contributed by atoms with Gasteiger partial charge in [0.1, 0.15) is 11.3 Å². The van der Waals surface area contributed by atoms with Gasteiger partial charge in [-0.1, -0.05) is 65.8 Å². The highest BCUT2D eigenvalue weighted by Crippen LogP contribution is 2.20. The predicted octanol–water partition coefficient (Wildman–Crippen LogP) is 3.93. The van der Waals surface area contributed by atoms with E-state index >= 15 is 0 Å². The van der Waals surface area contributed by atoms with E-state index in [9.17, 15) is 9.59 Å². The fraction of sp³-hybridized carbons (Fsp3) is 0.0833. The first-order chi connectivity index (χ1) is 15.7. The summed E-state index contributed by atoms with van der Waals surface area (Å²) >= 11 is 1.44. The van der Waals surface area contributed by atoms with Gasteiger partial charge in [0.05, 0.1) is 6.54 Å². The zero-order valence-corrected chi connectivity index (χ0v) is 17.7. The molecule has 158 valence electrons. The Balaban J connectivity index is 1.31. The number of hydrogen-bond acceptors (Lipinski definition) is 6. The van der Waals surface area contributed by atoms with Gasteiger partial charge >= 0.3 is 0 Å². The molecule has 3 heterocycles. The second-order valence-electron chi connectivity index (χ2n) is 7.22. The molecule has 32 heavy (non-hydrogen) atoms. The molecule has 1 amide bonds. The first-order valence-corrected chi connectivity index (χ1v) is 10.8. The molecule has 5 rings (SSSR count). The van der Waals surface area contributed by atoms with E-state index in [4.69, 9.17) is 4.52 Å². The molecule has 5 aromatic rings. The van der Waals surface area contributed by atoms with Crippen LogP contribution >= 0.6 is 11.3 Å². The summed E-state index contributed by atoms with van der Waals surface area (Å²) in [6, 6.07) is 21.3. The smallest absolute Gasteiger partial charge is 0.271 e. The van der Waals surface area contributed by atoms with Crippen LogP contribution in [0.25, 0.3) is 16.3 Å². The molecule has 0 bridgehead atoms. The molecule has 0 aliphatic rings. The Labute approximate surface area is 187 Å². The van der Waals surface area contributed by atoms with E-state index in [0.29, 0.717) is 22.8 Å². The highest BCUT2D eigenvalue weighted by atomic mass is 32.1. The number of rotatable bonds is 6. The van der Waals surface area contributed by atoms with Gasteiger partial charge in [0.15, 0.2) is 10.7 Å². The standard InChI is InChI=1S/C24H18N4O3S/c29-22(25-13-18-12-21(31-27-18)17-9-5-2-6-10-17)20-14-26-24-28(23(20)30)15-19(32-24)11-16-7-3-1-4-8-16/h1-10,12,14-15H,11,13H2,(H,25,29). The number of carbonyl (C=O) groups excluding carboxylic acids is 1. The molecule has 0 saturated carbocycles. The van der Waals surface area contributed by atoms with Crippen LogP contribution in [0.5, 0.6) is 0 Å². The largest absolute Gasteiger partial charge is 0.356 e. The number of hydrogen-bond donors (Lipinski definition) is 1. The van der Waals surface area contributed by atoms with Gasteiger partial charge in [0, 0.05) is 35.3 Å². The van der Waals surface area contributed by atoms with Gasteiger partial charge in [-0.05, 0) is 5.56 Å². The van der Waals surface area contributed by atoms with E-state index in [1.165, 1.54) is 21.9 Å². The number of thiazole rings is 1. The Morgan fingerprint density at radius 3 is 2.59 bits per heavy atom. The average molecular weight is 443 g/mol. The minimum atomic E-state index is -0.503. The fourth-order valence-electron chi connectivity index (χ4n) is 3.36. The topological polar surface area (TPSA) is 89.5 Å². The molecule has 0 atom stereocenters. The maximum atomic E-state index is 12.9. The van der Waals surface area contributed by atoms with Crippen molar-refractivity contribution in [2.75, 3.05) is 0 Å². The summed E-state index contributed by atoms with van der Waals surface area (Å²) in [6.07, 6.45) is 3.78.